The number of fused-ring (bicyclic) bond motifs is 1. The highest BCUT2D eigenvalue weighted by Gasteiger charge is 2.23. The van der Waals surface area contributed by atoms with Gasteiger partial charge in [-0.15, -0.1) is 0 Å². The molecule has 152 valence electrons. The number of anilines is 2. The molecule has 2 N–H and O–H groups in total. The second-order valence-electron chi connectivity index (χ2n) is 7.13. The van der Waals surface area contributed by atoms with Gasteiger partial charge in [-0.2, -0.15) is 0 Å². The molecule has 0 aliphatic heterocycles. The molecule has 4 rings (SSSR count). The van der Waals surface area contributed by atoms with Crippen LogP contribution in [-0.4, -0.2) is 23.2 Å². The van der Waals surface area contributed by atoms with Crippen molar-refractivity contribution in [3.63, 3.8) is 0 Å². The number of H-pyrrole nitrogens is 1. The summed E-state index contributed by atoms with van der Waals surface area (Å²) in [6.45, 7) is 1.90. The van der Waals surface area contributed by atoms with Gasteiger partial charge < -0.3 is 19.8 Å². The van der Waals surface area contributed by atoms with Crippen molar-refractivity contribution in [3.05, 3.63) is 49.9 Å². The highest BCUT2D eigenvalue weighted by Crippen LogP contribution is 2.42. The first-order valence-corrected chi connectivity index (χ1v) is 10.6. The summed E-state index contributed by atoms with van der Waals surface area (Å²) in [6.07, 6.45) is 7.69. The molecule has 0 bridgehead atoms. The number of rotatable bonds is 5. The lowest BCUT2D eigenvalue weighted by Gasteiger charge is -2.20. The largest absolute Gasteiger partial charge is 0.493 e. The molecular weight excluding hydrogens is 458 g/mol. The number of aryl methyl sites for hydroxylation is 1. The van der Waals surface area contributed by atoms with E-state index in [1.165, 1.54) is 0 Å². The number of hydrogen-bond donors (Lipinski definition) is 2. The van der Waals surface area contributed by atoms with Crippen LogP contribution in [0.4, 0.5) is 11.4 Å². The molecule has 0 spiro atoms. The van der Waals surface area contributed by atoms with Crippen LogP contribution in [0.2, 0.25) is 5.02 Å². The molecule has 1 aliphatic carbocycles. The van der Waals surface area contributed by atoms with Gasteiger partial charge in [-0.25, -0.2) is 0 Å². The van der Waals surface area contributed by atoms with Gasteiger partial charge >= 0.3 is 0 Å². The Labute approximate surface area is 181 Å². The molecule has 0 amide bonds. The van der Waals surface area contributed by atoms with E-state index < -0.39 is 0 Å². The maximum absolute atomic E-state index is 12.7. The first-order chi connectivity index (χ1) is 14.0. The number of nitrogens with one attached hydrogen (secondary N) is 2. The van der Waals surface area contributed by atoms with Gasteiger partial charge in [0, 0.05) is 17.8 Å². The van der Waals surface area contributed by atoms with Crippen LogP contribution >= 0.6 is 27.5 Å². The van der Waals surface area contributed by atoms with Crippen LogP contribution in [0.3, 0.4) is 0 Å². The predicted molar refractivity (Wildman–Crippen MR) is 119 cm³/mol. The normalized spacial score (nSPS) is 14.3. The van der Waals surface area contributed by atoms with Gasteiger partial charge in [0.25, 0.3) is 5.56 Å². The molecule has 0 radical (unpaired) electrons. The van der Waals surface area contributed by atoms with Gasteiger partial charge in [-0.3, -0.25) is 9.78 Å². The number of pyridine rings is 2. The van der Waals surface area contributed by atoms with Crippen LogP contribution < -0.4 is 20.3 Å². The molecule has 0 atom stereocenters. The molecule has 1 aliphatic rings. The van der Waals surface area contributed by atoms with Gasteiger partial charge in [-0.1, -0.05) is 11.6 Å². The van der Waals surface area contributed by atoms with E-state index in [1.54, 1.807) is 19.5 Å². The summed E-state index contributed by atoms with van der Waals surface area (Å²) in [5.74, 6) is 1.15. The maximum Gasteiger partial charge on any atom is 0.264 e. The quantitative estimate of drug-likeness (QED) is 0.490. The molecule has 1 aromatic carbocycles. The number of nitrogens with zero attached hydrogens (tertiary/aromatic N) is 1. The van der Waals surface area contributed by atoms with Crippen molar-refractivity contribution in [2.45, 2.75) is 38.7 Å². The Bertz CT molecular complexity index is 1110. The van der Waals surface area contributed by atoms with Gasteiger partial charge in [-0.05, 0) is 66.2 Å². The zero-order valence-corrected chi connectivity index (χ0v) is 18.5. The highest BCUT2D eigenvalue weighted by atomic mass is 79.9. The van der Waals surface area contributed by atoms with Crippen molar-refractivity contribution in [1.29, 1.82) is 0 Å². The molecule has 1 fully saturated rings. The Kier molecular flexibility index (Phi) is 5.69. The van der Waals surface area contributed by atoms with Crippen LogP contribution in [0, 0.1) is 6.92 Å². The lowest BCUT2D eigenvalue weighted by Crippen LogP contribution is -2.15. The summed E-state index contributed by atoms with van der Waals surface area (Å²) >= 11 is 9.76. The molecular formula is C21H21BrClN3O3. The van der Waals surface area contributed by atoms with E-state index in [0.29, 0.717) is 37.9 Å². The number of aromatic amines is 1. The summed E-state index contributed by atoms with van der Waals surface area (Å²) in [6, 6.07) is 3.74. The van der Waals surface area contributed by atoms with Gasteiger partial charge in [0.1, 0.15) is 4.47 Å². The maximum atomic E-state index is 12.7. The van der Waals surface area contributed by atoms with Crippen LogP contribution in [0.1, 0.15) is 31.2 Å². The molecule has 0 saturated heterocycles. The second-order valence-corrected chi connectivity index (χ2v) is 8.33. The number of hydrogen-bond acceptors (Lipinski definition) is 5. The summed E-state index contributed by atoms with van der Waals surface area (Å²) in [5, 5.41) is 4.58. The smallest absolute Gasteiger partial charge is 0.264 e. The van der Waals surface area contributed by atoms with Gasteiger partial charge in [0.05, 0.1) is 35.1 Å². The standard InChI is InChI=1S/C21H21BrClN3O3/c1-11-9-24-10-14(23)17(11)25-18-13-7-8-15(28-2)20(29-12-5-3-4-6-12)19(13)26-21(27)16(18)22/h7-10,12H,3-6H2,1-2H3,(H2,24,25,26,27). The zero-order valence-electron chi connectivity index (χ0n) is 16.1. The van der Waals surface area contributed by atoms with Gasteiger partial charge in [0.15, 0.2) is 11.5 Å². The first kappa shape index (κ1) is 20.0. The molecule has 8 heteroatoms. The fourth-order valence-corrected chi connectivity index (χ4v) is 4.35. The molecule has 2 heterocycles. The predicted octanol–water partition coefficient (Wildman–Crippen LogP) is 5.72. The fourth-order valence-electron chi connectivity index (χ4n) is 3.68. The number of aromatic nitrogens is 2. The van der Waals surface area contributed by atoms with Crippen LogP contribution in [0.5, 0.6) is 11.5 Å². The minimum Gasteiger partial charge on any atom is -0.493 e. The number of methoxy groups -OCH3 is 1. The zero-order chi connectivity index (χ0) is 20.5. The van der Waals surface area contributed by atoms with Crippen molar-refractivity contribution in [2.75, 3.05) is 12.4 Å². The fraction of sp³-hybridized carbons (Fsp3) is 0.333. The van der Waals surface area contributed by atoms with Crippen molar-refractivity contribution in [3.8, 4) is 11.5 Å². The number of halogens is 2. The van der Waals surface area contributed by atoms with Gasteiger partial charge in [0.2, 0.25) is 0 Å². The summed E-state index contributed by atoms with van der Waals surface area (Å²) in [5.41, 5.74) is 2.50. The third-order valence-corrected chi connectivity index (χ3v) is 6.24. The Hall–Kier alpha value is -2.25. The number of ether oxygens (including phenoxy) is 2. The highest BCUT2D eigenvalue weighted by molar-refractivity contribution is 9.10. The van der Waals surface area contributed by atoms with E-state index in [4.69, 9.17) is 21.1 Å². The average Bonchev–Trinajstić information content (AvgIpc) is 3.21. The number of benzene rings is 1. The van der Waals surface area contributed by atoms with E-state index in [9.17, 15) is 4.79 Å². The Morgan fingerprint density at radius 3 is 2.69 bits per heavy atom. The van der Waals surface area contributed by atoms with E-state index >= 15 is 0 Å². The molecule has 2 aromatic heterocycles. The topological polar surface area (TPSA) is 76.2 Å². The third kappa shape index (κ3) is 3.81. The second kappa shape index (κ2) is 8.24. The van der Waals surface area contributed by atoms with Crippen molar-refractivity contribution >= 4 is 49.8 Å². The summed E-state index contributed by atoms with van der Waals surface area (Å²) in [7, 11) is 1.60. The van der Waals surface area contributed by atoms with Crippen molar-refractivity contribution < 1.29 is 9.47 Å². The van der Waals surface area contributed by atoms with Crippen molar-refractivity contribution in [1.82, 2.24) is 9.97 Å². The van der Waals surface area contributed by atoms with Crippen LogP contribution in [-0.2, 0) is 0 Å². The average molecular weight is 479 g/mol. The van der Waals surface area contributed by atoms with Crippen LogP contribution in [0.15, 0.2) is 33.8 Å². The monoisotopic (exact) mass is 477 g/mol. The lowest BCUT2D eigenvalue weighted by atomic mass is 10.1. The molecule has 6 nitrogen and oxygen atoms in total. The molecule has 29 heavy (non-hydrogen) atoms. The summed E-state index contributed by atoms with van der Waals surface area (Å²) < 4.78 is 12.2. The van der Waals surface area contributed by atoms with E-state index in [1.807, 2.05) is 19.1 Å². The van der Waals surface area contributed by atoms with E-state index in [2.05, 4.69) is 31.2 Å². The Morgan fingerprint density at radius 1 is 1.24 bits per heavy atom. The van der Waals surface area contributed by atoms with Crippen LogP contribution in [0.25, 0.3) is 10.9 Å². The minimum atomic E-state index is -0.271. The minimum absolute atomic E-state index is 0.120. The molecule has 0 unspecified atom stereocenters. The Morgan fingerprint density at radius 2 is 2.00 bits per heavy atom. The van der Waals surface area contributed by atoms with E-state index in [0.717, 1.165) is 36.6 Å². The lowest BCUT2D eigenvalue weighted by molar-refractivity contribution is 0.203. The molecule has 3 aromatic rings. The van der Waals surface area contributed by atoms with Crippen molar-refractivity contribution in [2.24, 2.45) is 0 Å². The SMILES string of the molecule is COc1ccc2c(Nc3c(C)cncc3Cl)c(Br)c(=O)[nH]c2c1OC1CCCC1. The molecule has 1 saturated carbocycles. The Balaban J connectivity index is 1.90. The third-order valence-electron chi connectivity index (χ3n) is 5.19. The summed E-state index contributed by atoms with van der Waals surface area (Å²) in [4.78, 5) is 19.8. The van der Waals surface area contributed by atoms with E-state index in [-0.39, 0.29) is 11.7 Å². The first-order valence-electron chi connectivity index (χ1n) is 9.46.